The molecule has 3 rings (SSSR count). The predicted molar refractivity (Wildman–Crippen MR) is 129 cm³/mol. The van der Waals surface area contributed by atoms with Gasteiger partial charge in [-0.1, -0.05) is 42.4 Å². The summed E-state index contributed by atoms with van der Waals surface area (Å²) in [5.74, 6) is 1.08. The average Bonchev–Trinajstić information content (AvgIpc) is 2.86. The number of carbonyl (C=O) groups is 1. The summed E-state index contributed by atoms with van der Waals surface area (Å²) >= 11 is 6.86. The van der Waals surface area contributed by atoms with Crippen LogP contribution in [0.4, 0.5) is 0 Å². The lowest BCUT2D eigenvalue weighted by molar-refractivity contribution is -0.209. The van der Waals surface area contributed by atoms with Gasteiger partial charge in [-0.25, -0.2) is 5.06 Å². The minimum Gasteiger partial charge on any atom is -0.441 e. The Morgan fingerprint density at radius 3 is 2.48 bits per heavy atom. The van der Waals surface area contributed by atoms with Crippen LogP contribution in [-0.2, 0) is 21.0 Å². The summed E-state index contributed by atoms with van der Waals surface area (Å²) in [6.07, 6.45) is 3.43. The molecule has 1 aliphatic heterocycles. The van der Waals surface area contributed by atoms with E-state index in [-0.39, 0.29) is 12.5 Å². The summed E-state index contributed by atoms with van der Waals surface area (Å²) in [5, 5.41) is 1.41. The maximum atomic E-state index is 13.7. The molecule has 1 aromatic carbocycles. The summed E-state index contributed by atoms with van der Waals surface area (Å²) in [4.78, 5) is 23.8. The van der Waals surface area contributed by atoms with Gasteiger partial charge in [0, 0.05) is 12.4 Å². The van der Waals surface area contributed by atoms with Crippen molar-refractivity contribution in [3.8, 4) is 0 Å². The number of aromatic nitrogens is 1. The van der Waals surface area contributed by atoms with Gasteiger partial charge in [-0.3, -0.25) is 14.6 Å². The van der Waals surface area contributed by atoms with Crippen molar-refractivity contribution in [1.29, 1.82) is 0 Å². The van der Waals surface area contributed by atoms with E-state index in [9.17, 15) is 4.79 Å². The molecule has 1 amide bonds. The number of hydrogen-bond donors (Lipinski definition) is 0. The molecule has 2 heterocycles. The van der Waals surface area contributed by atoms with Crippen molar-refractivity contribution in [1.82, 2.24) is 10.0 Å². The standard InChI is InChI=1S/C24H28N2O3S2/c1-7-31-23(30)29-21-20(19-16(3)11-15(2)12-17(19)4)22(27)26(24(21,5)6)28-14-18-9-8-10-25-13-18/h8-13H,7,14H2,1-6H3. The third-order valence-electron chi connectivity index (χ3n) is 5.15. The number of amides is 1. The van der Waals surface area contributed by atoms with E-state index in [4.69, 9.17) is 21.8 Å². The van der Waals surface area contributed by atoms with Gasteiger partial charge in [-0.2, -0.15) is 0 Å². The molecule has 0 saturated carbocycles. The Morgan fingerprint density at radius 2 is 1.90 bits per heavy atom. The first kappa shape index (κ1) is 23.4. The number of ether oxygens (including phenoxy) is 1. The Morgan fingerprint density at radius 1 is 1.23 bits per heavy atom. The van der Waals surface area contributed by atoms with Crippen LogP contribution in [0.2, 0.25) is 0 Å². The molecule has 0 radical (unpaired) electrons. The number of aryl methyl sites for hydroxylation is 3. The second-order valence-electron chi connectivity index (χ2n) is 8.06. The third-order valence-corrected chi connectivity index (χ3v) is 6.19. The number of hydrogen-bond acceptors (Lipinski definition) is 6. The van der Waals surface area contributed by atoms with Gasteiger partial charge in [0.05, 0.1) is 5.57 Å². The highest BCUT2D eigenvalue weighted by Gasteiger charge is 2.50. The molecule has 31 heavy (non-hydrogen) atoms. The zero-order valence-electron chi connectivity index (χ0n) is 18.8. The number of benzene rings is 1. The summed E-state index contributed by atoms with van der Waals surface area (Å²) in [5.41, 5.74) is 4.59. The van der Waals surface area contributed by atoms with Crippen LogP contribution in [0, 0.1) is 20.8 Å². The Labute approximate surface area is 193 Å². The van der Waals surface area contributed by atoms with Gasteiger partial charge in [0.2, 0.25) is 4.38 Å². The molecule has 2 aromatic rings. The van der Waals surface area contributed by atoms with E-state index in [0.29, 0.717) is 15.7 Å². The molecular formula is C24H28N2O3S2. The van der Waals surface area contributed by atoms with E-state index in [0.717, 1.165) is 33.6 Å². The Bertz CT molecular complexity index is 1010. The molecule has 0 unspecified atom stereocenters. The van der Waals surface area contributed by atoms with Crippen molar-refractivity contribution in [3.63, 3.8) is 0 Å². The van der Waals surface area contributed by atoms with Crippen molar-refractivity contribution in [2.45, 2.75) is 53.7 Å². The van der Waals surface area contributed by atoms with Crippen LogP contribution >= 0.6 is 24.0 Å². The molecule has 164 valence electrons. The van der Waals surface area contributed by atoms with Crippen LogP contribution in [0.1, 0.15) is 48.6 Å². The Balaban J connectivity index is 2.06. The van der Waals surface area contributed by atoms with Gasteiger partial charge >= 0.3 is 0 Å². The van der Waals surface area contributed by atoms with Crippen LogP contribution < -0.4 is 0 Å². The maximum absolute atomic E-state index is 13.7. The van der Waals surface area contributed by atoms with Gasteiger partial charge in [-0.15, -0.1) is 0 Å². The average molecular weight is 457 g/mol. The van der Waals surface area contributed by atoms with Gasteiger partial charge in [0.15, 0.2) is 0 Å². The van der Waals surface area contributed by atoms with Crippen molar-refractivity contribution < 1.29 is 14.4 Å². The highest BCUT2D eigenvalue weighted by Crippen LogP contribution is 2.43. The normalized spacial score (nSPS) is 15.5. The van der Waals surface area contributed by atoms with E-state index in [1.807, 2.05) is 53.7 Å². The second-order valence-corrected chi connectivity index (χ2v) is 9.92. The highest BCUT2D eigenvalue weighted by atomic mass is 32.2. The fourth-order valence-corrected chi connectivity index (χ4v) is 4.71. The quantitative estimate of drug-likeness (QED) is 0.533. The summed E-state index contributed by atoms with van der Waals surface area (Å²) in [6, 6.07) is 7.90. The van der Waals surface area contributed by atoms with Crippen LogP contribution in [0.25, 0.3) is 5.57 Å². The van der Waals surface area contributed by atoms with Crippen molar-refractivity contribution in [3.05, 3.63) is 70.2 Å². The number of rotatable bonds is 6. The summed E-state index contributed by atoms with van der Waals surface area (Å²) < 4.78 is 6.54. The molecule has 0 atom stereocenters. The fraction of sp³-hybridized carbons (Fsp3) is 0.375. The van der Waals surface area contributed by atoms with Crippen LogP contribution in [0.3, 0.4) is 0 Å². The first-order valence-electron chi connectivity index (χ1n) is 10.2. The number of thioether (sulfide) groups is 1. The maximum Gasteiger partial charge on any atom is 0.282 e. The molecule has 5 nitrogen and oxygen atoms in total. The summed E-state index contributed by atoms with van der Waals surface area (Å²) in [7, 11) is 0. The van der Waals surface area contributed by atoms with Crippen LogP contribution in [0.15, 0.2) is 42.4 Å². The van der Waals surface area contributed by atoms with Gasteiger partial charge < -0.3 is 4.74 Å². The highest BCUT2D eigenvalue weighted by molar-refractivity contribution is 8.22. The zero-order valence-corrected chi connectivity index (χ0v) is 20.4. The second kappa shape index (κ2) is 9.51. The van der Waals surface area contributed by atoms with Gasteiger partial charge in [0.25, 0.3) is 5.91 Å². The monoisotopic (exact) mass is 456 g/mol. The number of nitrogens with zero attached hydrogens (tertiary/aromatic N) is 2. The molecule has 7 heteroatoms. The Kier molecular flexibility index (Phi) is 7.19. The number of carbonyl (C=O) groups excluding carboxylic acids is 1. The van der Waals surface area contributed by atoms with E-state index in [2.05, 4.69) is 17.1 Å². The van der Waals surface area contributed by atoms with E-state index in [1.54, 1.807) is 12.4 Å². The minimum absolute atomic E-state index is 0.226. The van der Waals surface area contributed by atoms with E-state index >= 15 is 0 Å². The van der Waals surface area contributed by atoms with Crippen molar-refractivity contribution in [2.75, 3.05) is 5.75 Å². The fourth-order valence-electron chi connectivity index (χ4n) is 3.89. The number of hydroxylamine groups is 2. The summed E-state index contributed by atoms with van der Waals surface area (Å²) in [6.45, 7) is 12.1. The lowest BCUT2D eigenvalue weighted by Gasteiger charge is -2.32. The molecular weight excluding hydrogens is 428 g/mol. The SMILES string of the molecule is CCSC(=S)OC1=C(c2c(C)cc(C)cc2C)C(=O)N(OCc2cccnc2)C1(C)C. The lowest BCUT2D eigenvalue weighted by Crippen LogP contribution is -2.44. The lowest BCUT2D eigenvalue weighted by atomic mass is 9.91. The van der Waals surface area contributed by atoms with Crippen LogP contribution in [-0.4, -0.2) is 31.6 Å². The predicted octanol–water partition coefficient (Wildman–Crippen LogP) is 5.53. The molecule has 0 aliphatic carbocycles. The zero-order chi connectivity index (χ0) is 22.8. The smallest absolute Gasteiger partial charge is 0.282 e. The van der Waals surface area contributed by atoms with Crippen molar-refractivity contribution in [2.24, 2.45) is 0 Å². The first-order chi connectivity index (χ1) is 14.7. The molecule has 0 N–H and O–H groups in total. The molecule has 0 spiro atoms. The van der Waals surface area contributed by atoms with Gasteiger partial charge in [-0.05, 0) is 80.9 Å². The Hall–Kier alpha value is -2.22. The van der Waals surface area contributed by atoms with Gasteiger partial charge in [0.1, 0.15) is 17.9 Å². The third kappa shape index (κ3) is 4.84. The minimum atomic E-state index is -0.837. The molecule has 0 saturated heterocycles. The number of thiocarbonyl (C=S) groups is 1. The first-order valence-corrected chi connectivity index (χ1v) is 11.6. The molecule has 0 fully saturated rings. The van der Waals surface area contributed by atoms with Crippen LogP contribution in [0.5, 0.6) is 0 Å². The van der Waals surface area contributed by atoms with E-state index in [1.165, 1.54) is 16.8 Å². The van der Waals surface area contributed by atoms with E-state index < -0.39 is 5.54 Å². The largest absolute Gasteiger partial charge is 0.441 e. The number of pyridine rings is 1. The topological polar surface area (TPSA) is 51.7 Å². The molecule has 1 aromatic heterocycles. The molecule has 0 bridgehead atoms. The molecule has 1 aliphatic rings. The van der Waals surface area contributed by atoms with Crippen molar-refractivity contribution >= 4 is 39.8 Å².